The van der Waals surface area contributed by atoms with Crippen LogP contribution in [0.15, 0.2) is 62.7 Å². The van der Waals surface area contributed by atoms with E-state index >= 15 is 0 Å². The highest BCUT2D eigenvalue weighted by atomic mass is 32.2. The zero-order chi connectivity index (χ0) is 24.1. The van der Waals surface area contributed by atoms with E-state index in [1.165, 1.54) is 11.8 Å². The lowest BCUT2D eigenvalue weighted by molar-refractivity contribution is -0.144. The molecule has 0 saturated carbocycles. The molecule has 1 aliphatic heterocycles. The van der Waals surface area contributed by atoms with Gasteiger partial charge in [0.05, 0.1) is 40.0 Å². The fraction of sp³-hybridized carbons (Fsp3) is 0.320. The number of carbonyl (C=O) groups is 2. The Morgan fingerprint density at radius 3 is 2.55 bits per heavy atom. The summed E-state index contributed by atoms with van der Waals surface area (Å²) in [5.74, 6) is -0.221. The Morgan fingerprint density at radius 2 is 1.94 bits per heavy atom. The zero-order valence-corrected chi connectivity index (χ0v) is 20.1. The van der Waals surface area contributed by atoms with E-state index in [4.69, 9.17) is 9.15 Å². The topological polar surface area (TPSA) is 104 Å². The van der Waals surface area contributed by atoms with Crippen LogP contribution in [0.2, 0.25) is 0 Å². The molecule has 1 aliphatic rings. The number of rotatable bonds is 7. The number of amides is 1. The normalized spacial score (nSPS) is 15.8. The molecule has 0 saturated heterocycles. The van der Waals surface area contributed by atoms with E-state index in [-0.39, 0.29) is 23.7 Å². The maximum Gasteiger partial charge on any atom is 0.316 e. The summed E-state index contributed by atoms with van der Waals surface area (Å²) in [5.41, 5.74) is 2.90. The number of thioether (sulfide) groups is 1. The highest BCUT2D eigenvalue weighted by Crippen LogP contribution is 2.41. The summed E-state index contributed by atoms with van der Waals surface area (Å²) in [6.45, 7) is 9.05. The standard InChI is InChI=1S/C25H27N3O4S/c1-14(2)31-21(29)13-33-25-18(12-26)23(20-11-10-16(4)32-20)22(17(5)27-25)24(30)28-19-9-7-6-8-15(19)3/h6-11,14,23,27H,13H2,1-5H3,(H,28,30)/t23-/m0/s1. The lowest BCUT2D eigenvalue weighted by Crippen LogP contribution is -2.31. The van der Waals surface area contributed by atoms with Gasteiger partial charge in [0.2, 0.25) is 0 Å². The Bertz CT molecular complexity index is 1170. The molecule has 0 spiro atoms. The van der Waals surface area contributed by atoms with Crippen molar-refractivity contribution in [1.29, 1.82) is 5.26 Å². The maximum absolute atomic E-state index is 13.4. The second kappa shape index (κ2) is 10.5. The molecule has 7 nitrogen and oxygen atoms in total. The van der Waals surface area contributed by atoms with Crippen LogP contribution in [0, 0.1) is 25.2 Å². The van der Waals surface area contributed by atoms with Gasteiger partial charge in [0.15, 0.2) is 0 Å². The van der Waals surface area contributed by atoms with Crippen molar-refractivity contribution in [2.45, 2.75) is 46.6 Å². The summed E-state index contributed by atoms with van der Waals surface area (Å²) in [4.78, 5) is 25.5. The van der Waals surface area contributed by atoms with Crippen LogP contribution < -0.4 is 10.6 Å². The van der Waals surface area contributed by atoms with Gasteiger partial charge in [-0.2, -0.15) is 5.26 Å². The number of para-hydroxylation sites is 1. The predicted octanol–water partition coefficient (Wildman–Crippen LogP) is 4.92. The fourth-order valence-corrected chi connectivity index (χ4v) is 4.43. The molecule has 1 amide bonds. The largest absolute Gasteiger partial charge is 0.465 e. The molecule has 1 aromatic heterocycles. The molecular weight excluding hydrogens is 438 g/mol. The highest BCUT2D eigenvalue weighted by Gasteiger charge is 2.37. The van der Waals surface area contributed by atoms with Crippen LogP contribution in [0.3, 0.4) is 0 Å². The molecule has 172 valence electrons. The average Bonchev–Trinajstić information content (AvgIpc) is 3.18. The molecule has 0 fully saturated rings. The van der Waals surface area contributed by atoms with Gasteiger partial charge in [-0.15, -0.1) is 0 Å². The number of aryl methyl sites for hydroxylation is 2. The third kappa shape index (κ3) is 5.68. The van der Waals surface area contributed by atoms with Gasteiger partial charge in [-0.3, -0.25) is 9.59 Å². The minimum absolute atomic E-state index is 0.0353. The number of allylic oxidation sites excluding steroid dienone is 2. The summed E-state index contributed by atoms with van der Waals surface area (Å²) in [6, 6.07) is 13.3. The number of hydrogen-bond acceptors (Lipinski definition) is 7. The Labute approximate surface area is 197 Å². The monoisotopic (exact) mass is 465 g/mol. The van der Waals surface area contributed by atoms with Crippen LogP contribution in [-0.2, 0) is 14.3 Å². The number of ether oxygens (including phenoxy) is 1. The van der Waals surface area contributed by atoms with E-state index in [9.17, 15) is 14.9 Å². The van der Waals surface area contributed by atoms with Crippen molar-refractivity contribution in [2.75, 3.05) is 11.1 Å². The first-order valence-electron chi connectivity index (χ1n) is 10.6. The van der Waals surface area contributed by atoms with Crippen molar-refractivity contribution >= 4 is 29.3 Å². The van der Waals surface area contributed by atoms with Crippen molar-refractivity contribution in [3.63, 3.8) is 0 Å². The number of nitrogens with zero attached hydrogens (tertiary/aromatic N) is 1. The van der Waals surface area contributed by atoms with Crippen LogP contribution in [-0.4, -0.2) is 23.7 Å². The Hall–Kier alpha value is -3.44. The summed E-state index contributed by atoms with van der Waals surface area (Å²) < 4.78 is 11.1. The smallest absolute Gasteiger partial charge is 0.316 e. The zero-order valence-electron chi connectivity index (χ0n) is 19.3. The number of dihydropyridines is 1. The highest BCUT2D eigenvalue weighted by molar-refractivity contribution is 8.03. The molecule has 8 heteroatoms. The quantitative estimate of drug-likeness (QED) is 0.560. The van der Waals surface area contributed by atoms with Gasteiger partial charge in [0.25, 0.3) is 5.91 Å². The van der Waals surface area contributed by atoms with E-state index in [1.54, 1.807) is 32.9 Å². The average molecular weight is 466 g/mol. The lowest BCUT2D eigenvalue weighted by atomic mass is 9.85. The Kier molecular flexibility index (Phi) is 7.67. The summed E-state index contributed by atoms with van der Waals surface area (Å²) >= 11 is 1.17. The molecule has 3 rings (SSSR count). The molecule has 0 bridgehead atoms. The van der Waals surface area contributed by atoms with Gasteiger partial charge in [-0.1, -0.05) is 30.0 Å². The minimum Gasteiger partial charge on any atom is -0.465 e. The number of carbonyl (C=O) groups excluding carboxylic acids is 2. The van der Waals surface area contributed by atoms with Crippen molar-refractivity contribution in [1.82, 2.24) is 5.32 Å². The molecule has 0 aliphatic carbocycles. The molecule has 2 N–H and O–H groups in total. The van der Waals surface area contributed by atoms with E-state index in [0.29, 0.717) is 39.1 Å². The predicted molar refractivity (Wildman–Crippen MR) is 128 cm³/mol. The molecule has 33 heavy (non-hydrogen) atoms. The van der Waals surface area contributed by atoms with Crippen LogP contribution >= 0.6 is 11.8 Å². The number of esters is 1. The van der Waals surface area contributed by atoms with Gasteiger partial charge in [-0.25, -0.2) is 0 Å². The van der Waals surface area contributed by atoms with E-state index in [0.717, 1.165) is 5.56 Å². The van der Waals surface area contributed by atoms with E-state index in [1.807, 2.05) is 38.1 Å². The summed E-state index contributed by atoms with van der Waals surface area (Å²) in [6.07, 6.45) is -0.223. The van der Waals surface area contributed by atoms with Gasteiger partial charge in [0, 0.05) is 11.4 Å². The summed E-state index contributed by atoms with van der Waals surface area (Å²) in [5, 5.41) is 16.7. The molecule has 1 atom stereocenters. The number of furan rings is 1. The molecular formula is C25H27N3O4S. The summed E-state index contributed by atoms with van der Waals surface area (Å²) in [7, 11) is 0. The fourth-order valence-electron chi connectivity index (χ4n) is 3.55. The molecule has 0 unspecified atom stereocenters. The Morgan fingerprint density at radius 1 is 1.21 bits per heavy atom. The molecule has 1 aromatic carbocycles. The maximum atomic E-state index is 13.4. The van der Waals surface area contributed by atoms with E-state index < -0.39 is 5.92 Å². The van der Waals surface area contributed by atoms with Gasteiger partial charge < -0.3 is 19.8 Å². The minimum atomic E-state index is -0.711. The first-order valence-corrected chi connectivity index (χ1v) is 11.6. The number of benzene rings is 1. The SMILES string of the molecule is CC1=C(C(=O)Nc2ccccc2C)[C@H](c2ccc(C)o2)C(C#N)=C(SCC(=O)OC(C)C)N1. The Balaban J connectivity index is 1.98. The third-order valence-electron chi connectivity index (χ3n) is 5.03. The van der Waals surface area contributed by atoms with Crippen LogP contribution in [0.4, 0.5) is 5.69 Å². The second-order valence-electron chi connectivity index (χ2n) is 8.00. The lowest BCUT2D eigenvalue weighted by Gasteiger charge is -2.28. The number of nitriles is 1. The van der Waals surface area contributed by atoms with Crippen LogP contribution in [0.5, 0.6) is 0 Å². The third-order valence-corrected chi connectivity index (χ3v) is 6.02. The van der Waals surface area contributed by atoms with Crippen molar-refractivity contribution in [2.24, 2.45) is 0 Å². The molecule has 2 heterocycles. The number of anilines is 1. The molecule has 2 aromatic rings. The number of nitrogens with one attached hydrogen (secondary N) is 2. The first kappa shape index (κ1) is 24.2. The van der Waals surface area contributed by atoms with Crippen molar-refractivity contribution in [3.8, 4) is 6.07 Å². The number of hydrogen-bond donors (Lipinski definition) is 2. The van der Waals surface area contributed by atoms with Crippen molar-refractivity contribution < 1.29 is 18.7 Å². The van der Waals surface area contributed by atoms with Crippen LogP contribution in [0.25, 0.3) is 0 Å². The van der Waals surface area contributed by atoms with Crippen LogP contribution in [0.1, 0.15) is 43.8 Å². The van der Waals surface area contributed by atoms with Gasteiger partial charge in [0.1, 0.15) is 11.5 Å². The van der Waals surface area contributed by atoms with Gasteiger partial charge >= 0.3 is 5.97 Å². The first-order chi connectivity index (χ1) is 15.7. The van der Waals surface area contributed by atoms with E-state index in [2.05, 4.69) is 16.7 Å². The van der Waals surface area contributed by atoms with Gasteiger partial charge in [-0.05, 0) is 58.4 Å². The second-order valence-corrected chi connectivity index (χ2v) is 8.98. The molecule has 0 radical (unpaired) electrons. The van der Waals surface area contributed by atoms with Crippen molar-refractivity contribution in [3.05, 3.63) is 75.4 Å².